The van der Waals surface area contributed by atoms with E-state index in [1.165, 1.54) is 5.56 Å². The molecule has 1 nitrogen and oxygen atoms in total. The summed E-state index contributed by atoms with van der Waals surface area (Å²) in [6.07, 6.45) is 0. The minimum Gasteiger partial charge on any atom is -0.192 e. The van der Waals surface area contributed by atoms with E-state index in [0.717, 1.165) is 16.5 Å². The molecule has 0 N–H and O–H groups in total. The lowest BCUT2D eigenvalue weighted by Crippen LogP contribution is -1.85. The molecule has 2 aromatic carbocycles. The van der Waals surface area contributed by atoms with E-state index in [-0.39, 0.29) is 0 Å². The third-order valence-corrected chi connectivity index (χ3v) is 3.40. The highest BCUT2D eigenvalue weighted by Gasteiger charge is 2.05. The summed E-state index contributed by atoms with van der Waals surface area (Å²) in [5.74, 6) is 0. The van der Waals surface area contributed by atoms with E-state index in [0.29, 0.717) is 10.6 Å². The Bertz CT molecular complexity index is 570. The molecule has 0 atom stereocenters. The molecule has 0 radical (unpaired) electrons. The Morgan fingerprint density at radius 1 is 1.12 bits per heavy atom. The second kappa shape index (κ2) is 5.35. The lowest BCUT2D eigenvalue weighted by molar-refractivity contribution is 1.43. The maximum absolute atomic E-state index is 9.07. The van der Waals surface area contributed by atoms with Crippen molar-refractivity contribution in [2.75, 3.05) is 0 Å². The Morgan fingerprint density at radius 2 is 1.82 bits per heavy atom. The highest BCUT2D eigenvalue weighted by Crippen LogP contribution is 2.27. The van der Waals surface area contributed by atoms with Crippen molar-refractivity contribution in [1.82, 2.24) is 0 Å². The smallest absolute Gasteiger partial charge is 0.0998 e. The van der Waals surface area contributed by atoms with Crippen LogP contribution in [-0.4, -0.2) is 0 Å². The van der Waals surface area contributed by atoms with E-state index < -0.39 is 0 Å². The molecular formula is C14H9BrClN. The largest absolute Gasteiger partial charge is 0.192 e. The quantitative estimate of drug-likeness (QED) is 0.733. The van der Waals surface area contributed by atoms with Crippen LogP contribution in [0.4, 0.5) is 0 Å². The van der Waals surface area contributed by atoms with Crippen LogP contribution in [-0.2, 0) is 5.33 Å². The number of halogens is 2. The molecule has 0 unspecified atom stereocenters. The number of alkyl halides is 1. The molecule has 2 aromatic rings. The molecule has 0 saturated heterocycles. The van der Waals surface area contributed by atoms with Gasteiger partial charge in [0, 0.05) is 15.9 Å². The van der Waals surface area contributed by atoms with Crippen molar-refractivity contribution in [3.8, 4) is 17.2 Å². The van der Waals surface area contributed by atoms with Gasteiger partial charge in [-0.3, -0.25) is 0 Å². The van der Waals surface area contributed by atoms with Crippen molar-refractivity contribution in [3.63, 3.8) is 0 Å². The zero-order chi connectivity index (χ0) is 12.3. The van der Waals surface area contributed by atoms with Gasteiger partial charge in [0.1, 0.15) is 0 Å². The molecule has 0 amide bonds. The maximum Gasteiger partial charge on any atom is 0.0998 e. The summed E-state index contributed by atoms with van der Waals surface area (Å²) in [5, 5.41) is 10.5. The Balaban J connectivity index is 2.52. The maximum atomic E-state index is 9.07. The zero-order valence-electron chi connectivity index (χ0n) is 8.95. The number of rotatable bonds is 2. The van der Waals surface area contributed by atoms with Crippen molar-refractivity contribution < 1.29 is 0 Å². The Labute approximate surface area is 114 Å². The molecular weight excluding hydrogens is 298 g/mol. The Morgan fingerprint density at radius 3 is 2.41 bits per heavy atom. The molecule has 0 saturated carbocycles. The van der Waals surface area contributed by atoms with Gasteiger partial charge < -0.3 is 0 Å². The normalized spacial score (nSPS) is 9.94. The average molecular weight is 307 g/mol. The Hall–Kier alpha value is -1.30. The molecule has 0 fully saturated rings. The van der Waals surface area contributed by atoms with Gasteiger partial charge in [-0.05, 0) is 29.3 Å². The predicted octanol–water partition coefficient (Wildman–Crippen LogP) is 4.77. The standard InChI is InChI=1S/C14H9BrClN/c15-8-10-1-3-11(4-2-10)14-7-13(16)6-5-12(14)9-17/h1-7H,8H2. The van der Waals surface area contributed by atoms with Gasteiger partial charge in [-0.25, -0.2) is 0 Å². The van der Waals surface area contributed by atoms with E-state index >= 15 is 0 Å². The molecule has 0 bridgehead atoms. The molecule has 0 heterocycles. The van der Waals surface area contributed by atoms with Crippen LogP contribution in [0.15, 0.2) is 42.5 Å². The van der Waals surface area contributed by atoms with Crippen LogP contribution in [0.5, 0.6) is 0 Å². The van der Waals surface area contributed by atoms with Gasteiger partial charge in [0.15, 0.2) is 0 Å². The van der Waals surface area contributed by atoms with Crippen molar-refractivity contribution in [1.29, 1.82) is 5.26 Å². The molecule has 0 aliphatic heterocycles. The topological polar surface area (TPSA) is 23.8 Å². The molecule has 0 aromatic heterocycles. The number of hydrogen-bond donors (Lipinski definition) is 0. The summed E-state index contributed by atoms with van der Waals surface area (Å²) in [7, 11) is 0. The fourth-order valence-electron chi connectivity index (χ4n) is 1.63. The average Bonchev–Trinajstić information content (AvgIpc) is 2.39. The first kappa shape index (κ1) is 12.2. The molecule has 0 aliphatic rings. The van der Waals surface area contributed by atoms with Crippen molar-refractivity contribution >= 4 is 27.5 Å². The van der Waals surface area contributed by atoms with E-state index in [4.69, 9.17) is 16.9 Å². The van der Waals surface area contributed by atoms with E-state index in [1.807, 2.05) is 30.3 Å². The number of nitriles is 1. The molecule has 2 rings (SSSR count). The molecule has 0 spiro atoms. The molecule has 84 valence electrons. The first-order valence-electron chi connectivity index (χ1n) is 5.09. The third kappa shape index (κ3) is 2.69. The molecule has 0 aliphatic carbocycles. The summed E-state index contributed by atoms with van der Waals surface area (Å²) < 4.78 is 0. The van der Waals surface area contributed by atoms with Gasteiger partial charge in [0.2, 0.25) is 0 Å². The van der Waals surface area contributed by atoms with Crippen LogP contribution in [0.25, 0.3) is 11.1 Å². The van der Waals surface area contributed by atoms with E-state index in [9.17, 15) is 0 Å². The second-order valence-corrected chi connectivity index (χ2v) is 4.63. The molecule has 17 heavy (non-hydrogen) atoms. The fraction of sp³-hybridized carbons (Fsp3) is 0.0714. The first-order valence-corrected chi connectivity index (χ1v) is 6.59. The minimum atomic E-state index is 0.640. The number of nitrogens with zero attached hydrogens (tertiary/aromatic N) is 1. The summed E-state index contributed by atoms with van der Waals surface area (Å²) in [5.41, 5.74) is 3.73. The van der Waals surface area contributed by atoms with Crippen LogP contribution in [0.2, 0.25) is 5.02 Å². The van der Waals surface area contributed by atoms with E-state index in [2.05, 4.69) is 22.0 Å². The zero-order valence-corrected chi connectivity index (χ0v) is 11.3. The number of hydrogen-bond acceptors (Lipinski definition) is 1. The van der Waals surface area contributed by atoms with Crippen molar-refractivity contribution in [2.24, 2.45) is 0 Å². The predicted molar refractivity (Wildman–Crippen MR) is 74.2 cm³/mol. The highest BCUT2D eigenvalue weighted by molar-refractivity contribution is 9.08. The van der Waals surface area contributed by atoms with Gasteiger partial charge in [-0.15, -0.1) is 0 Å². The van der Waals surface area contributed by atoms with Crippen LogP contribution in [0, 0.1) is 11.3 Å². The summed E-state index contributed by atoms with van der Waals surface area (Å²) in [6.45, 7) is 0. The van der Waals surface area contributed by atoms with Gasteiger partial charge in [-0.2, -0.15) is 5.26 Å². The number of benzene rings is 2. The minimum absolute atomic E-state index is 0.640. The van der Waals surface area contributed by atoms with Crippen LogP contribution in [0.1, 0.15) is 11.1 Å². The second-order valence-electron chi connectivity index (χ2n) is 3.63. The Kier molecular flexibility index (Phi) is 3.83. The fourth-order valence-corrected chi connectivity index (χ4v) is 2.17. The highest BCUT2D eigenvalue weighted by atomic mass is 79.9. The van der Waals surface area contributed by atoms with Crippen molar-refractivity contribution in [2.45, 2.75) is 5.33 Å². The van der Waals surface area contributed by atoms with Crippen LogP contribution < -0.4 is 0 Å². The summed E-state index contributed by atoms with van der Waals surface area (Å²) >= 11 is 9.37. The third-order valence-electron chi connectivity index (χ3n) is 2.52. The van der Waals surface area contributed by atoms with Gasteiger partial charge in [-0.1, -0.05) is 51.8 Å². The first-order chi connectivity index (χ1) is 8.24. The molecule has 3 heteroatoms. The van der Waals surface area contributed by atoms with E-state index in [1.54, 1.807) is 12.1 Å². The van der Waals surface area contributed by atoms with Gasteiger partial charge in [0.05, 0.1) is 11.6 Å². The lowest BCUT2D eigenvalue weighted by atomic mass is 9.99. The monoisotopic (exact) mass is 305 g/mol. The lowest BCUT2D eigenvalue weighted by Gasteiger charge is -2.05. The van der Waals surface area contributed by atoms with Crippen LogP contribution >= 0.6 is 27.5 Å². The van der Waals surface area contributed by atoms with Crippen LogP contribution in [0.3, 0.4) is 0 Å². The summed E-state index contributed by atoms with van der Waals surface area (Å²) in [4.78, 5) is 0. The SMILES string of the molecule is N#Cc1ccc(Cl)cc1-c1ccc(CBr)cc1. The van der Waals surface area contributed by atoms with Gasteiger partial charge in [0.25, 0.3) is 0 Å². The van der Waals surface area contributed by atoms with Crippen molar-refractivity contribution in [3.05, 3.63) is 58.6 Å². The summed E-state index contributed by atoms with van der Waals surface area (Å²) in [6, 6.07) is 15.6. The van der Waals surface area contributed by atoms with Gasteiger partial charge >= 0.3 is 0 Å².